The maximum Gasteiger partial charge on any atom is 0.331 e. The molecule has 0 bridgehead atoms. The van der Waals surface area contributed by atoms with Crippen molar-refractivity contribution < 1.29 is 18.7 Å². The molecule has 1 amide bonds. The quantitative estimate of drug-likeness (QED) is 0.659. The highest BCUT2D eigenvalue weighted by Crippen LogP contribution is 2.34. The average Bonchev–Trinajstić information content (AvgIpc) is 2.54. The molecule has 1 aromatic rings. The van der Waals surface area contributed by atoms with Gasteiger partial charge in [-0.2, -0.15) is 0 Å². The van der Waals surface area contributed by atoms with Crippen LogP contribution in [0, 0.1) is 11.7 Å². The monoisotopic (exact) mass is 322 g/mol. The number of ether oxygens (including phenoxy) is 1. The highest BCUT2D eigenvalue weighted by atomic mass is 19.1. The van der Waals surface area contributed by atoms with Crippen LogP contribution in [-0.2, 0) is 9.53 Å². The van der Waals surface area contributed by atoms with E-state index in [1.54, 1.807) is 6.92 Å². The maximum atomic E-state index is 13.1. The molecule has 0 aliphatic heterocycles. The lowest BCUT2D eigenvalue weighted by molar-refractivity contribution is -0.150. The van der Waals surface area contributed by atoms with Crippen molar-refractivity contribution in [3.63, 3.8) is 0 Å². The lowest BCUT2D eigenvalue weighted by Gasteiger charge is -2.38. The number of anilines is 1. The van der Waals surface area contributed by atoms with E-state index in [1.165, 1.54) is 19.2 Å². The van der Waals surface area contributed by atoms with Crippen LogP contribution in [0.5, 0.6) is 0 Å². The van der Waals surface area contributed by atoms with E-state index >= 15 is 0 Å². The zero-order valence-electron chi connectivity index (χ0n) is 13.5. The second-order valence-corrected chi connectivity index (χ2v) is 6.21. The molecule has 1 aliphatic rings. The number of nitrogens with two attached hydrogens (primary N) is 1. The van der Waals surface area contributed by atoms with E-state index in [0.717, 1.165) is 38.2 Å². The zero-order valence-corrected chi connectivity index (χ0v) is 13.5. The predicted octanol–water partition coefficient (Wildman–Crippen LogP) is 2.65. The summed E-state index contributed by atoms with van der Waals surface area (Å²) in [6.07, 6.45) is 4.87. The Labute approximate surface area is 135 Å². The number of rotatable bonds is 4. The van der Waals surface area contributed by atoms with Gasteiger partial charge in [0.1, 0.15) is 11.4 Å². The summed E-state index contributed by atoms with van der Waals surface area (Å²) >= 11 is 0. The number of esters is 1. The maximum absolute atomic E-state index is 13.1. The Balaban J connectivity index is 2.26. The minimum atomic E-state index is -1.12. The largest absolute Gasteiger partial charge is 0.467 e. The molecular weight excluding hydrogens is 299 g/mol. The number of halogens is 1. The van der Waals surface area contributed by atoms with E-state index in [0.29, 0.717) is 0 Å². The number of amides is 1. The van der Waals surface area contributed by atoms with Gasteiger partial charge in [0.15, 0.2) is 0 Å². The van der Waals surface area contributed by atoms with Crippen molar-refractivity contribution in [2.45, 2.75) is 44.6 Å². The van der Waals surface area contributed by atoms with Crippen molar-refractivity contribution in [3.8, 4) is 0 Å². The number of methoxy groups -OCH3 is 1. The molecule has 126 valence electrons. The van der Waals surface area contributed by atoms with Gasteiger partial charge in [-0.3, -0.25) is 4.79 Å². The molecule has 1 aliphatic carbocycles. The summed E-state index contributed by atoms with van der Waals surface area (Å²) in [7, 11) is 1.31. The van der Waals surface area contributed by atoms with E-state index in [9.17, 15) is 14.0 Å². The minimum Gasteiger partial charge on any atom is -0.467 e. The Morgan fingerprint density at radius 2 is 1.96 bits per heavy atom. The average molecular weight is 322 g/mol. The third-order valence-electron chi connectivity index (χ3n) is 4.66. The van der Waals surface area contributed by atoms with Gasteiger partial charge < -0.3 is 15.8 Å². The molecule has 1 saturated carbocycles. The van der Waals surface area contributed by atoms with Crippen LogP contribution in [0.3, 0.4) is 0 Å². The molecule has 6 heteroatoms. The highest BCUT2D eigenvalue weighted by molar-refractivity contribution is 6.01. The molecule has 0 aromatic heterocycles. The molecule has 0 spiro atoms. The molecule has 2 rings (SSSR count). The van der Waals surface area contributed by atoms with Crippen LogP contribution in [0.15, 0.2) is 18.2 Å². The van der Waals surface area contributed by atoms with Crippen LogP contribution in [0.25, 0.3) is 0 Å². The number of hydrogen-bond acceptors (Lipinski definition) is 4. The van der Waals surface area contributed by atoms with Gasteiger partial charge in [0.05, 0.1) is 12.7 Å². The van der Waals surface area contributed by atoms with Crippen molar-refractivity contribution in [2.75, 3.05) is 12.8 Å². The van der Waals surface area contributed by atoms with Gasteiger partial charge in [0, 0.05) is 5.69 Å². The van der Waals surface area contributed by atoms with E-state index in [2.05, 4.69) is 5.32 Å². The number of benzene rings is 1. The molecule has 1 atom stereocenters. The molecule has 0 radical (unpaired) electrons. The summed E-state index contributed by atoms with van der Waals surface area (Å²) in [5, 5.41) is 2.77. The van der Waals surface area contributed by atoms with Gasteiger partial charge in [-0.25, -0.2) is 9.18 Å². The molecule has 5 nitrogen and oxygen atoms in total. The van der Waals surface area contributed by atoms with Crippen molar-refractivity contribution in [1.29, 1.82) is 0 Å². The standard InChI is InChI=1S/C17H23FN2O3/c1-17(16(22)23-2,11-6-4-3-5-7-11)20-15(21)13-9-8-12(18)10-14(13)19/h8-11H,3-7,19H2,1-2H3,(H,20,21). The molecule has 1 fully saturated rings. The summed E-state index contributed by atoms with van der Waals surface area (Å²) in [6.45, 7) is 1.69. The fourth-order valence-corrected chi connectivity index (χ4v) is 3.26. The summed E-state index contributed by atoms with van der Waals surface area (Å²) in [4.78, 5) is 24.8. The van der Waals surface area contributed by atoms with E-state index in [4.69, 9.17) is 10.5 Å². The number of nitrogen functional groups attached to an aromatic ring is 1. The summed E-state index contributed by atoms with van der Waals surface area (Å²) < 4.78 is 18.0. The van der Waals surface area contributed by atoms with Crippen LogP contribution in [0.1, 0.15) is 49.4 Å². The Hall–Kier alpha value is -2.11. The second-order valence-electron chi connectivity index (χ2n) is 6.21. The van der Waals surface area contributed by atoms with Gasteiger partial charge in [-0.1, -0.05) is 19.3 Å². The highest BCUT2D eigenvalue weighted by Gasteiger charge is 2.44. The van der Waals surface area contributed by atoms with Gasteiger partial charge in [0.2, 0.25) is 0 Å². The topological polar surface area (TPSA) is 81.4 Å². The first-order valence-electron chi connectivity index (χ1n) is 7.84. The zero-order chi connectivity index (χ0) is 17.0. The van der Waals surface area contributed by atoms with Crippen LogP contribution >= 0.6 is 0 Å². The van der Waals surface area contributed by atoms with E-state index in [1.807, 2.05) is 0 Å². The Morgan fingerprint density at radius 1 is 1.30 bits per heavy atom. The fraction of sp³-hybridized carbons (Fsp3) is 0.529. The Bertz CT molecular complexity index is 600. The normalized spacial score (nSPS) is 18.0. The lowest BCUT2D eigenvalue weighted by atomic mass is 9.75. The van der Waals surface area contributed by atoms with Crippen LogP contribution in [0.2, 0.25) is 0 Å². The number of carbonyl (C=O) groups is 2. The summed E-state index contributed by atoms with van der Waals surface area (Å²) in [5.41, 5.74) is 4.78. The molecule has 0 heterocycles. The number of carbonyl (C=O) groups excluding carboxylic acids is 2. The van der Waals surface area contributed by atoms with Crippen LogP contribution in [-0.4, -0.2) is 24.5 Å². The fourth-order valence-electron chi connectivity index (χ4n) is 3.26. The van der Waals surface area contributed by atoms with Gasteiger partial charge in [0.25, 0.3) is 5.91 Å². The first-order valence-corrected chi connectivity index (χ1v) is 7.84. The Morgan fingerprint density at radius 3 is 2.52 bits per heavy atom. The third kappa shape index (κ3) is 3.63. The summed E-state index contributed by atoms with van der Waals surface area (Å²) in [5.74, 6) is -1.48. The van der Waals surface area contributed by atoms with Crippen molar-refractivity contribution in [1.82, 2.24) is 5.32 Å². The molecule has 1 unspecified atom stereocenters. The first kappa shape index (κ1) is 17.2. The first-order chi connectivity index (χ1) is 10.9. The second kappa shape index (κ2) is 6.98. The molecule has 23 heavy (non-hydrogen) atoms. The molecule has 1 aromatic carbocycles. The van der Waals surface area contributed by atoms with Gasteiger partial charge in [-0.15, -0.1) is 0 Å². The Kier molecular flexibility index (Phi) is 5.23. The minimum absolute atomic E-state index is 0.00863. The van der Waals surface area contributed by atoms with Crippen LogP contribution < -0.4 is 11.1 Å². The van der Waals surface area contributed by atoms with E-state index < -0.39 is 23.2 Å². The number of hydrogen-bond donors (Lipinski definition) is 2. The molecular formula is C17H23FN2O3. The predicted molar refractivity (Wildman–Crippen MR) is 85.3 cm³/mol. The van der Waals surface area contributed by atoms with Crippen molar-refractivity contribution >= 4 is 17.6 Å². The van der Waals surface area contributed by atoms with Gasteiger partial charge >= 0.3 is 5.97 Å². The van der Waals surface area contributed by atoms with Crippen molar-refractivity contribution in [3.05, 3.63) is 29.6 Å². The molecule has 0 saturated heterocycles. The molecule has 3 N–H and O–H groups in total. The van der Waals surface area contributed by atoms with E-state index in [-0.39, 0.29) is 17.2 Å². The SMILES string of the molecule is COC(=O)C(C)(NC(=O)c1ccc(F)cc1N)C1CCCCC1. The number of nitrogens with one attached hydrogen (secondary N) is 1. The third-order valence-corrected chi connectivity index (χ3v) is 4.66. The van der Waals surface area contributed by atoms with Crippen molar-refractivity contribution in [2.24, 2.45) is 5.92 Å². The lowest BCUT2D eigenvalue weighted by Crippen LogP contribution is -2.58. The summed E-state index contributed by atoms with van der Waals surface area (Å²) in [6, 6.07) is 3.57. The smallest absolute Gasteiger partial charge is 0.331 e. The van der Waals surface area contributed by atoms with Crippen LogP contribution in [0.4, 0.5) is 10.1 Å². The van der Waals surface area contributed by atoms with Gasteiger partial charge in [-0.05, 0) is 43.9 Å².